The first-order chi connectivity index (χ1) is 14.0. The fourth-order valence-corrected chi connectivity index (χ4v) is 5.96. The van der Waals surface area contributed by atoms with Crippen LogP contribution >= 0.6 is 0 Å². The molecule has 2 aliphatic rings. The number of rotatable bonds is 5. The van der Waals surface area contributed by atoms with Crippen LogP contribution in [0, 0.1) is 17.4 Å². The van der Waals surface area contributed by atoms with Gasteiger partial charge in [0.05, 0.1) is 5.60 Å². The molecule has 0 heterocycles. The Hall–Kier alpha value is -2.51. The van der Waals surface area contributed by atoms with Crippen molar-refractivity contribution >= 4 is 5.69 Å². The first kappa shape index (κ1) is 19.8. The van der Waals surface area contributed by atoms with Gasteiger partial charge in [-0.15, -0.1) is 0 Å². The smallest absolute Gasteiger partial charge is 0.181 e. The van der Waals surface area contributed by atoms with Gasteiger partial charge in [-0.05, 0) is 91.8 Å². The number of aromatic hydroxyl groups is 1. The van der Waals surface area contributed by atoms with Crippen LogP contribution < -0.4 is 5.32 Å². The molecule has 1 fully saturated rings. The molecule has 4 heteroatoms. The molecule has 0 bridgehead atoms. The lowest BCUT2D eigenvalue weighted by atomic mass is 9.52. The standard InChI is InChI=1S/C25H30N2O2/c1-2-10-24(29)11-12-25(15-18-4-3-5-21(13-18)27-17-26)20(16-24)7-6-19-14-22(28)8-9-23(19)25/h3-5,8-9,13-14,20,27-29H,2,6-7,10-12,15-16H2,1H3. The second-order valence-corrected chi connectivity index (χ2v) is 9.03. The summed E-state index contributed by atoms with van der Waals surface area (Å²) in [5.41, 5.74) is 4.01. The van der Waals surface area contributed by atoms with Gasteiger partial charge in [-0.25, -0.2) is 0 Å². The SMILES string of the molecule is CCCC1(O)CCC2(Cc3cccc(NC#N)c3)c3ccc(O)cc3CCC2C1. The van der Waals surface area contributed by atoms with Crippen LogP contribution in [0.2, 0.25) is 0 Å². The lowest BCUT2D eigenvalue weighted by molar-refractivity contribution is -0.0565. The molecule has 0 amide bonds. The van der Waals surface area contributed by atoms with Gasteiger partial charge in [0.1, 0.15) is 5.75 Å². The van der Waals surface area contributed by atoms with E-state index in [0.717, 1.165) is 57.1 Å². The van der Waals surface area contributed by atoms with Crippen molar-refractivity contribution in [1.29, 1.82) is 5.26 Å². The Morgan fingerprint density at radius 2 is 2.07 bits per heavy atom. The average molecular weight is 391 g/mol. The van der Waals surface area contributed by atoms with E-state index in [0.29, 0.717) is 11.7 Å². The number of nitrogens with zero attached hydrogens (tertiary/aromatic N) is 1. The van der Waals surface area contributed by atoms with Gasteiger partial charge in [0.2, 0.25) is 0 Å². The highest BCUT2D eigenvalue weighted by Crippen LogP contribution is 2.55. The lowest BCUT2D eigenvalue weighted by Gasteiger charge is -2.53. The molecule has 2 aromatic rings. The molecule has 3 unspecified atom stereocenters. The van der Waals surface area contributed by atoms with E-state index in [2.05, 4.69) is 30.4 Å². The van der Waals surface area contributed by atoms with Crippen LogP contribution in [0.15, 0.2) is 42.5 Å². The number of hydrogen-bond donors (Lipinski definition) is 3. The number of hydrogen-bond acceptors (Lipinski definition) is 4. The Morgan fingerprint density at radius 1 is 1.21 bits per heavy atom. The van der Waals surface area contributed by atoms with Gasteiger partial charge >= 0.3 is 0 Å². The highest BCUT2D eigenvalue weighted by atomic mass is 16.3. The molecule has 0 radical (unpaired) electrons. The van der Waals surface area contributed by atoms with E-state index >= 15 is 0 Å². The topological polar surface area (TPSA) is 76.3 Å². The van der Waals surface area contributed by atoms with E-state index < -0.39 is 5.60 Å². The van der Waals surface area contributed by atoms with Crippen molar-refractivity contribution in [3.63, 3.8) is 0 Å². The number of aliphatic hydroxyl groups is 1. The molecule has 29 heavy (non-hydrogen) atoms. The second kappa shape index (κ2) is 7.72. The summed E-state index contributed by atoms with van der Waals surface area (Å²) in [6, 6.07) is 14.0. The zero-order valence-corrected chi connectivity index (χ0v) is 17.1. The number of phenols is 1. The quantitative estimate of drug-likeness (QED) is 0.494. The third kappa shape index (κ3) is 3.72. The minimum atomic E-state index is -0.554. The number of anilines is 1. The Morgan fingerprint density at radius 3 is 2.86 bits per heavy atom. The van der Waals surface area contributed by atoms with Gasteiger partial charge in [0.15, 0.2) is 6.19 Å². The van der Waals surface area contributed by atoms with Crippen LogP contribution in [0.4, 0.5) is 5.69 Å². The predicted molar refractivity (Wildman–Crippen MR) is 115 cm³/mol. The van der Waals surface area contributed by atoms with E-state index in [-0.39, 0.29) is 5.41 Å². The van der Waals surface area contributed by atoms with Gasteiger partial charge < -0.3 is 10.2 Å². The average Bonchev–Trinajstić information content (AvgIpc) is 2.69. The zero-order chi connectivity index (χ0) is 20.5. The summed E-state index contributed by atoms with van der Waals surface area (Å²) in [5.74, 6) is 0.744. The third-order valence-corrected chi connectivity index (χ3v) is 7.19. The maximum atomic E-state index is 11.2. The molecular weight excluding hydrogens is 360 g/mol. The Bertz CT molecular complexity index is 935. The van der Waals surface area contributed by atoms with E-state index in [1.165, 1.54) is 16.7 Å². The molecule has 1 saturated carbocycles. The van der Waals surface area contributed by atoms with Crippen molar-refractivity contribution in [2.24, 2.45) is 5.92 Å². The van der Waals surface area contributed by atoms with Crippen molar-refractivity contribution in [1.82, 2.24) is 0 Å². The number of nitriles is 1. The van der Waals surface area contributed by atoms with Crippen molar-refractivity contribution in [3.05, 3.63) is 59.2 Å². The number of aryl methyl sites for hydroxylation is 1. The first-order valence-corrected chi connectivity index (χ1v) is 10.8. The fraction of sp³-hybridized carbons (Fsp3) is 0.480. The van der Waals surface area contributed by atoms with E-state index in [4.69, 9.17) is 5.26 Å². The minimum absolute atomic E-state index is 0.0352. The molecule has 2 aromatic carbocycles. The predicted octanol–water partition coefficient (Wildman–Crippen LogP) is 5.04. The molecule has 0 aromatic heterocycles. The molecule has 4 nitrogen and oxygen atoms in total. The van der Waals surface area contributed by atoms with E-state index in [1.54, 1.807) is 0 Å². The molecule has 3 N–H and O–H groups in total. The van der Waals surface area contributed by atoms with Gasteiger partial charge in [-0.2, -0.15) is 5.26 Å². The minimum Gasteiger partial charge on any atom is -0.508 e. The molecule has 3 atom stereocenters. The molecule has 0 spiro atoms. The largest absolute Gasteiger partial charge is 0.508 e. The lowest BCUT2D eigenvalue weighted by Crippen LogP contribution is -2.51. The third-order valence-electron chi connectivity index (χ3n) is 7.19. The van der Waals surface area contributed by atoms with E-state index in [9.17, 15) is 10.2 Å². The van der Waals surface area contributed by atoms with Gasteiger partial charge in [-0.1, -0.05) is 31.5 Å². The van der Waals surface area contributed by atoms with Crippen molar-refractivity contribution in [2.45, 2.75) is 69.3 Å². The van der Waals surface area contributed by atoms with Crippen LogP contribution in [0.1, 0.15) is 62.1 Å². The molecule has 0 aliphatic heterocycles. The van der Waals surface area contributed by atoms with Crippen molar-refractivity contribution in [3.8, 4) is 11.9 Å². The molecular formula is C25H30N2O2. The summed E-state index contributed by atoms with van der Waals surface area (Å²) in [7, 11) is 0. The van der Waals surface area contributed by atoms with Gasteiger partial charge in [0, 0.05) is 11.1 Å². The van der Waals surface area contributed by atoms with Crippen LogP contribution in [0.3, 0.4) is 0 Å². The van der Waals surface area contributed by atoms with Crippen LogP contribution in [0.25, 0.3) is 0 Å². The summed E-state index contributed by atoms with van der Waals surface area (Å²) in [5, 5.41) is 33.0. The molecule has 0 saturated heterocycles. The summed E-state index contributed by atoms with van der Waals surface area (Å²) in [6.45, 7) is 2.15. The summed E-state index contributed by atoms with van der Waals surface area (Å²) < 4.78 is 0. The van der Waals surface area contributed by atoms with Crippen LogP contribution in [-0.4, -0.2) is 15.8 Å². The first-order valence-electron chi connectivity index (χ1n) is 10.8. The molecule has 4 rings (SSSR count). The normalized spacial score (nSPS) is 28.1. The van der Waals surface area contributed by atoms with Crippen molar-refractivity contribution in [2.75, 3.05) is 5.32 Å². The number of benzene rings is 2. The van der Waals surface area contributed by atoms with Crippen molar-refractivity contribution < 1.29 is 10.2 Å². The fourth-order valence-electron chi connectivity index (χ4n) is 5.96. The Balaban J connectivity index is 1.75. The number of phenolic OH excluding ortho intramolecular Hbond substituents is 1. The summed E-state index contributed by atoms with van der Waals surface area (Å²) in [6.07, 6.45) is 9.36. The maximum absolute atomic E-state index is 11.2. The molecule has 152 valence electrons. The maximum Gasteiger partial charge on any atom is 0.181 e. The monoisotopic (exact) mass is 390 g/mol. The molecule has 2 aliphatic carbocycles. The zero-order valence-electron chi connectivity index (χ0n) is 17.1. The number of nitrogens with one attached hydrogen (secondary N) is 1. The number of fused-ring (bicyclic) bond motifs is 3. The van der Waals surface area contributed by atoms with Crippen LogP contribution in [-0.2, 0) is 18.3 Å². The highest BCUT2D eigenvalue weighted by molar-refractivity contribution is 5.50. The van der Waals surface area contributed by atoms with Gasteiger partial charge in [0.25, 0.3) is 0 Å². The second-order valence-electron chi connectivity index (χ2n) is 9.03. The summed E-state index contributed by atoms with van der Waals surface area (Å²) >= 11 is 0. The summed E-state index contributed by atoms with van der Waals surface area (Å²) in [4.78, 5) is 0. The van der Waals surface area contributed by atoms with Gasteiger partial charge in [-0.3, -0.25) is 5.32 Å². The van der Waals surface area contributed by atoms with Crippen LogP contribution in [0.5, 0.6) is 5.75 Å². The Kier molecular flexibility index (Phi) is 5.27. The highest BCUT2D eigenvalue weighted by Gasteiger charge is 2.51. The Labute approximate surface area is 173 Å². The van der Waals surface area contributed by atoms with E-state index in [1.807, 2.05) is 30.5 Å².